The van der Waals surface area contributed by atoms with Crippen LogP contribution < -0.4 is 21.1 Å². The number of aliphatic hydroxyl groups is 1. The van der Waals surface area contributed by atoms with Crippen LogP contribution in [0.25, 0.3) is 0 Å². The number of ether oxygens (including phenoxy) is 1. The van der Waals surface area contributed by atoms with Crippen molar-refractivity contribution >= 4 is 17.7 Å². The van der Waals surface area contributed by atoms with E-state index in [0.717, 1.165) is 29.7 Å². The van der Waals surface area contributed by atoms with Gasteiger partial charge in [-0.25, -0.2) is 0 Å². The Balaban J connectivity index is 1.79. The first kappa shape index (κ1) is 31.4. The third kappa shape index (κ3) is 9.19. The van der Waals surface area contributed by atoms with Crippen LogP contribution >= 0.6 is 0 Å². The highest BCUT2D eigenvalue weighted by Crippen LogP contribution is 2.16. The van der Waals surface area contributed by atoms with Gasteiger partial charge in [-0.15, -0.1) is 0 Å². The van der Waals surface area contributed by atoms with Gasteiger partial charge in [-0.3, -0.25) is 14.4 Å². The third-order valence-corrected chi connectivity index (χ3v) is 6.63. The summed E-state index contributed by atoms with van der Waals surface area (Å²) in [6.07, 6.45) is 3.95. The highest BCUT2D eigenvalue weighted by molar-refractivity contribution is 6.04. The van der Waals surface area contributed by atoms with E-state index in [1.807, 2.05) is 38.1 Å². The van der Waals surface area contributed by atoms with E-state index in [2.05, 4.69) is 10.6 Å². The molecule has 0 saturated carbocycles. The average Bonchev–Trinajstić information content (AvgIpc) is 3.49. The zero-order chi connectivity index (χ0) is 29.8. The number of hydrogen-bond donors (Lipinski definition) is 4. The van der Waals surface area contributed by atoms with Crippen LogP contribution in [-0.2, 0) is 13.0 Å². The minimum absolute atomic E-state index is 0.0563. The van der Waals surface area contributed by atoms with Crippen LogP contribution in [0.1, 0.15) is 68.9 Å². The Bertz CT molecular complexity index is 1290. The van der Waals surface area contributed by atoms with Gasteiger partial charge in [0.15, 0.2) is 0 Å². The van der Waals surface area contributed by atoms with E-state index < -0.39 is 24.0 Å². The Hall–Kier alpha value is -4.15. The molecule has 3 rings (SSSR count). The van der Waals surface area contributed by atoms with Crippen molar-refractivity contribution in [2.75, 3.05) is 26.7 Å². The molecule has 1 aromatic heterocycles. The maximum Gasteiger partial charge on any atom is 0.253 e. The quantitative estimate of drug-likeness (QED) is 0.209. The van der Waals surface area contributed by atoms with E-state index in [4.69, 9.17) is 14.9 Å². The van der Waals surface area contributed by atoms with Crippen LogP contribution in [-0.4, -0.2) is 66.6 Å². The predicted octanol–water partition coefficient (Wildman–Crippen LogP) is 3.14. The van der Waals surface area contributed by atoms with Gasteiger partial charge in [0, 0.05) is 42.9 Å². The van der Waals surface area contributed by atoms with Gasteiger partial charge in [0.05, 0.1) is 31.8 Å². The summed E-state index contributed by atoms with van der Waals surface area (Å²) in [4.78, 5) is 40.5. The number of primary amides is 1. The second-order valence-corrected chi connectivity index (χ2v) is 9.92. The molecule has 0 aliphatic carbocycles. The summed E-state index contributed by atoms with van der Waals surface area (Å²) < 4.78 is 10.4. The Kier molecular flexibility index (Phi) is 11.9. The normalized spacial score (nSPS) is 12.4. The first-order chi connectivity index (χ1) is 19.7. The van der Waals surface area contributed by atoms with E-state index in [9.17, 15) is 19.5 Å². The minimum Gasteiger partial charge on any atom is -0.497 e. The van der Waals surface area contributed by atoms with Gasteiger partial charge in [0.25, 0.3) is 11.8 Å². The van der Waals surface area contributed by atoms with Crippen LogP contribution in [0, 0.1) is 0 Å². The topological polar surface area (TPSA) is 147 Å². The second kappa shape index (κ2) is 15.6. The van der Waals surface area contributed by atoms with E-state index in [0.29, 0.717) is 26.1 Å². The first-order valence-electron chi connectivity index (χ1n) is 13.8. The van der Waals surface area contributed by atoms with Gasteiger partial charge in [0.2, 0.25) is 5.91 Å². The summed E-state index contributed by atoms with van der Waals surface area (Å²) in [7, 11) is 1.60. The molecule has 5 N–H and O–H groups in total. The number of hydrogen-bond acceptors (Lipinski definition) is 7. The van der Waals surface area contributed by atoms with Gasteiger partial charge in [-0.2, -0.15) is 0 Å². The molecule has 0 fully saturated rings. The summed E-state index contributed by atoms with van der Waals surface area (Å²) in [6, 6.07) is 12.9. The fourth-order valence-corrected chi connectivity index (χ4v) is 4.55. The molecule has 3 aromatic rings. The number of nitrogens with zero attached hydrogens (tertiary/aromatic N) is 1. The number of carbonyl (C=O) groups excluding carboxylic acids is 3. The molecule has 0 spiro atoms. The number of benzene rings is 2. The predicted molar refractivity (Wildman–Crippen MR) is 156 cm³/mol. The zero-order valence-electron chi connectivity index (χ0n) is 23.9. The van der Waals surface area contributed by atoms with Gasteiger partial charge < -0.3 is 35.5 Å². The van der Waals surface area contributed by atoms with Crippen molar-refractivity contribution in [1.29, 1.82) is 0 Å². The lowest BCUT2D eigenvalue weighted by Crippen LogP contribution is -2.48. The number of methoxy groups -OCH3 is 1. The Morgan fingerprint density at radius 1 is 1.00 bits per heavy atom. The molecule has 0 radical (unpaired) electrons. The number of furan rings is 1. The lowest BCUT2D eigenvalue weighted by atomic mass is 10.0. The Morgan fingerprint density at radius 3 is 2.34 bits per heavy atom. The second-order valence-electron chi connectivity index (χ2n) is 9.92. The van der Waals surface area contributed by atoms with Gasteiger partial charge in [-0.05, 0) is 66.8 Å². The first-order valence-corrected chi connectivity index (χ1v) is 13.8. The van der Waals surface area contributed by atoms with E-state index in [1.54, 1.807) is 24.3 Å². The zero-order valence-corrected chi connectivity index (χ0v) is 23.9. The van der Waals surface area contributed by atoms with Crippen molar-refractivity contribution < 1.29 is 28.6 Å². The highest BCUT2D eigenvalue weighted by atomic mass is 16.5. The molecule has 0 aliphatic heterocycles. The van der Waals surface area contributed by atoms with Crippen LogP contribution in [0.5, 0.6) is 5.75 Å². The Labute approximate surface area is 240 Å². The number of rotatable bonds is 16. The fourth-order valence-electron chi connectivity index (χ4n) is 4.55. The molecule has 10 heteroatoms. The monoisotopic (exact) mass is 564 g/mol. The van der Waals surface area contributed by atoms with Crippen molar-refractivity contribution in [2.24, 2.45) is 5.73 Å². The molecular weight excluding hydrogens is 524 g/mol. The minimum atomic E-state index is -0.968. The van der Waals surface area contributed by atoms with Crippen molar-refractivity contribution in [2.45, 2.75) is 51.8 Å². The molecule has 0 bridgehead atoms. The van der Waals surface area contributed by atoms with Crippen molar-refractivity contribution in [1.82, 2.24) is 15.5 Å². The smallest absolute Gasteiger partial charge is 0.253 e. The van der Waals surface area contributed by atoms with Gasteiger partial charge in [-0.1, -0.05) is 26.0 Å². The van der Waals surface area contributed by atoms with E-state index >= 15 is 0 Å². The summed E-state index contributed by atoms with van der Waals surface area (Å²) in [5.41, 5.74) is 7.68. The van der Waals surface area contributed by atoms with Crippen LogP contribution in [0.15, 0.2) is 65.5 Å². The van der Waals surface area contributed by atoms with Crippen LogP contribution in [0.2, 0.25) is 0 Å². The van der Waals surface area contributed by atoms with Gasteiger partial charge in [0.1, 0.15) is 5.75 Å². The average molecular weight is 565 g/mol. The molecule has 2 aromatic carbocycles. The lowest BCUT2D eigenvalue weighted by molar-refractivity contribution is 0.0755. The molecule has 2 atom stereocenters. The molecule has 41 heavy (non-hydrogen) atoms. The van der Waals surface area contributed by atoms with E-state index in [1.165, 1.54) is 24.5 Å². The molecule has 0 aliphatic rings. The molecule has 220 valence electrons. The summed E-state index contributed by atoms with van der Waals surface area (Å²) >= 11 is 0. The fraction of sp³-hybridized carbons (Fsp3) is 0.387. The summed E-state index contributed by atoms with van der Waals surface area (Å²) in [5.74, 6) is -0.830. The van der Waals surface area contributed by atoms with Crippen molar-refractivity contribution in [3.05, 3.63) is 88.9 Å². The molecule has 0 unspecified atom stereocenters. The summed E-state index contributed by atoms with van der Waals surface area (Å²) in [5, 5.41) is 17.2. The standard InChI is InChI=1S/C31H40N4O6/c1-4-10-35(11-5-2)31(39)25-16-23(29(32)37)15-24(17-25)30(38)34-27(14-22-9-12-41-20-22)28(36)19-33-18-21-7-6-8-26(13-21)40-3/h6-9,12-13,15-17,20,27-28,33,36H,4-5,10-11,14,18-19H2,1-3H3,(H2,32,37)(H,34,38)/t27-,28+/m0/s1. The van der Waals surface area contributed by atoms with Crippen molar-refractivity contribution in [3.63, 3.8) is 0 Å². The third-order valence-electron chi connectivity index (χ3n) is 6.63. The number of aliphatic hydroxyl groups excluding tert-OH is 1. The Morgan fingerprint density at radius 2 is 1.71 bits per heavy atom. The van der Waals surface area contributed by atoms with Crippen LogP contribution in [0.4, 0.5) is 0 Å². The number of nitrogens with two attached hydrogens (primary N) is 1. The maximum absolute atomic E-state index is 13.5. The van der Waals surface area contributed by atoms with Gasteiger partial charge >= 0.3 is 0 Å². The van der Waals surface area contributed by atoms with E-state index in [-0.39, 0.29) is 29.1 Å². The van der Waals surface area contributed by atoms with Crippen LogP contribution in [0.3, 0.4) is 0 Å². The molecule has 3 amide bonds. The number of carbonyl (C=O) groups is 3. The number of amides is 3. The molecule has 0 saturated heterocycles. The SMILES string of the molecule is CCCN(CCC)C(=O)c1cc(C(N)=O)cc(C(=O)N[C@@H](Cc2ccoc2)[C@H](O)CNCc2cccc(OC)c2)c1. The number of nitrogens with one attached hydrogen (secondary N) is 2. The molecule has 10 nitrogen and oxygen atoms in total. The molecular formula is C31H40N4O6. The summed E-state index contributed by atoms with van der Waals surface area (Å²) in [6.45, 7) is 5.73. The van der Waals surface area contributed by atoms with Crippen molar-refractivity contribution in [3.8, 4) is 5.75 Å². The largest absolute Gasteiger partial charge is 0.497 e. The lowest BCUT2D eigenvalue weighted by Gasteiger charge is -2.25. The highest BCUT2D eigenvalue weighted by Gasteiger charge is 2.25. The maximum atomic E-state index is 13.5. The molecule has 1 heterocycles.